The molecule has 0 bridgehead atoms. The fraction of sp³-hybridized carbons (Fsp3) is 0.261. The van der Waals surface area contributed by atoms with Crippen molar-refractivity contribution < 1.29 is 14.4 Å². The van der Waals surface area contributed by atoms with Gasteiger partial charge in [0, 0.05) is 18.8 Å². The van der Waals surface area contributed by atoms with E-state index in [1.807, 2.05) is 44.2 Å². The first-order valence-corrected chi connectivity index (χ1v) is 9.78. The van der Waals surface area contributed by atoms with E-state index in [1.165, 1.54) is 18.9 Å². The molecule has 2 heterocycles. The summed E-state index contributed by atoms with van der Waals surface area (Å²) in [6.45, 7) is 5.97. The molecule has 0 aliphatic carbocycles. The summed E-state index contributed by atoms with van der Waals surface area (Å²) in [5, 5.41) is 2.27. The lowest BCUT2D eigenvalue weighted by Crippen LogP contribution is -2.54. The molecule has 0 radical (unpaired) electrons. The Bertz CT molecular complexity index is 1020. The van der Waals surface area contributed by atoms with Crippen LogP contribution in [0.5, 0.6) is 0 Å². The van der Waals surface area contributed by atoms with Crippen LogP contribution in [0.4, 0.5) is 16.2 Å². The quantitative estimate of drug-likeness (QED) is 0.644. The maximum atomic E-state index is 13.0. The average Bonchev–Trinajstić information content (AvgIpc) is 3.23. The predicted octanol–water partition coefficient (Wildman–Crippen LogP) is 3.57. The van der Waals surface area contributed by atoms with Crippen LogP contribution in [0.2, 0.25) is 0 Å². The molecule has 0 saturated carbocycles. The molecule has 0 atom stereocenters. The summed E-state index contributed by atoms with van der Waals surface area (Å²) in [4.78, 5) is 41.0. The molecule has 2 aliphatic heterocycles. The Morgan fingerprint density at radius 1 is 0.862 bits per heavy atom. The molecule has 2 aromatic carbocycles. The highest BCUT2D eigenvalue weighted by Crippen LogP contribution is 2.25. The monoisotopic (exact) mass is 389 g/mol. The summed E-state index contributed by atoms with van der Waals surface area (Å²) in [5.74, 6) is -1.30. The average molecular weight is 389 g/mol. The molecular weight excluding hydrogens is 366 g/mol. The predicted molar refractivity (Wildman–Crippen MR) is 113 cm³/mol. The number of amides is 4. The number of barbiturate groups is 1. The number of carbonyl (C=O) groups is 3. The van der Waals surface area contributed by atoms with Gasteiger partial charge in [-0.3, -0.25) is 14.9 Å². The van der Waals surface area contributed by atoms with Crippen molar-refractivity contribution in [3.8, 4) is 0 Å². The first-order valence-electron chi connectivity index (χ1n) is 9.78. The zero-order valence-corrected chi connectivity index (χ0v) is 16.6. The number of hydrogen-bond donors (Lipinski definition) is 1. The van der Waals surface area contributed by atoms with Crippen molar-refractivity contribution in [2.45, 2.75) is 26.7 Å². The number of rotatable bonds is 3. The van der Waals surface area contributed by atoms with Gasteiger partial charge in [0.25, 0.3) is 11.8 Å². The Morgan fingerprint density at radius 3 is 2.17 bits per heavy atom. The Hall–Kier alpha value is -3.41. The number of imide groups is 2. The molecule has 4 amide bonds. The lowest BCUT2D eigenvalue weighted by atomic mass is 10.0. The first-order chi connectivity index (χ1) is 13.9. The van der Waals surface area contributed by atoms with Gasteiger partial charge in [-0.15, -0.1) is 0 Å². The molecule has 29 heavy (non-hydrogen) atoms. The van der Waals surface area contributed by atoms with E-state index in [9.17, 15) is 14.4 Å². The maximum Gasteiger partial charge on any atom is 0.335 e. The Balaban J connectivity index is 1.63. The second kappa shape index (κ2) is 7.54. The van der Waals surface area contributed by atoms with Crippen molar-refractivity contribution in [3.63, 3.8) is 0 Å². The van der Waals surface area contributed by atoms with Crippen LogP contribution < -0.4 is 15.1 Å². The third-order valence-corrected chi connectivity index (χ3v) is 5.53. The van der Waals surface area contributed by atoms with Crippen molar-refractivity contribution in [3.05, 3.63) is 64.7 Å². The topological polar surface area (TPSA) is 69.7 Å². The van der Waals surface area contributed by atoms with E-state index in [-0.39, 0.29) is 5.57 Å². The van der Waals surface area contributed by atoms with Gasteiger partial charge >= 0.3 is 6.03 Å². The van der Waals surface area contributed by atoms with Gasteiger partial charge in [-0.25, -0.2) is 9.69 Å². The third kappa shape index (κ3) is 3.66. The maximum absolute atomic E-state index is 13.0. The van der Waals surface area contributed by atoms with Gasteiger partial charge in [-0.05, 0) is 73.7 Å². The summed E-state index contributed by atoms with van der Waals surface area (Å²) >= 11 is 0. The lowest BCUT2D eigenvalue weighted by Gasteiger charge is -2.27. The van der Waals surface area contributed by atoms with Crippen LogP contribution >= 0.6 is 0 Å². The number of urea groups is 1. The van der Waals surface area contributed by atoms with Gasteiger partial charge in [0.15, 0.2) is 0 Å². The van der Waals surface area contributed by atoms with Crippen LogP contribution in [0, 0.1) is 13.8 Å². The van der Waals surface area contributed by atoms with Gasteiger partial charge in [0.05, 0.1) is 5.69 Å². The highest BCUT2D eigenvalue weighted by molar-refractivity contribution is 6.39. The zero-order valence-electron chi connectivity index (χ0n) is 16.6. The molecule has 6 heteroatoms. The molecule has 0 unspecified atom stereocenters. The van der Waals surface area contributed by atoms with Crippen LogP contribution in [-0.2, 0) is 9.59 Å². The molecule has 2 aromatic rings. The minimum atomic E-state index is -0.732. The van der Waals surface area contributed by atoms with E-state index in [2.05, 4.69) is 10.2 Å². The number of hydrogen-bond acceptors (Lipinski definition) is 4. The Morgan fingerprint density at radius 2 is 1.52 bits per heavy atom. The second-order valence-corrected chi connectivity index (χ2v) is 7.51. The smallest absolute Gasteiger partial charge is 0.335 e. The van der Waals surface area contributed by atoms with E-state index in [0.717, 1.165) is 40.4 Å². The molecule has 4 rings (SSSR count). The van der Waals surface area contributed by atoms with E-state index in [1.54, 1.807) is 12.1 Å². The number of benzene rings is 2. The van der Waals surface area contributed by atoms with Gasteiger partial charge in [0.1, 0.15) is 5.57 Å². The summed E-state index contributed by atoms with van der Waals surface area (Å²) in [6, 6.07) is 12.4. The number of nitrogens with one attached hydrogen (secondary N) is 1. The minimum absolute atomic E-state index is 0.0586. The lowest BCUT2D eigenvalue weighted by molar-refractivity contribution is -0.122. The van der Waals surface area contributed by atoms with Crippen LogP contribution in [0.15, 0.2) is 48.0 Å². The van der Waals surface area contributed by atoms with Crippen molar-refractivity contribution in [2.24, 2.45) is 0 Å². The highest BCUT2D eigenvalue weighted by Gasteiger charge is 2.36. The summed E-state index contributed by atoms with van der Waals surface area (Å²) in [7, 11) is 0. The summed E-state index contributed by atoms with van der Waals surface area (Å²) in [6.07, 6.45) is 3.93. The minimum Gasteiger partial charge on any atom is -0.372 e. The fourth-order valence-corrected chi connectivity index (χ4v) is 3.68. The highest BCUT2D eigenvalue weighted by atomic mass is 16.2. The molecule has 2 saturated heterocycles. The normalized spacial score (nSPS) is 18.6. The van der Waals surface area contributed by atoms with Crippen LogP contribution in [-0.4, -0.2) is 30.9 Å². The van der Waals surface area contributed by atoms with Crippen molar-refractivity contribution in [1.29, 1.82) is 0 Å². The molecule has 1 N–H and O–H groups in total. The molecular formula is C23H23N3O3. The summed E-state index contributed by atoms with van der Waals surface area (Å²) < 4.78 is 0. The second-order valence-electron chi connectivity index (χ2n) is 7.51. The molecule has 2 fully saturated rings. The largest absolute Gasteiger partial charge is 0.372 e. The van der Waals surface area contributed by atoms with E-state index in [0.29, 0.717) is 5.69 Å². The Kier molecular flexibility index (Phi) is 4.92. The number of nitrogens with zero attached hydrogens (tertiary/aromatic N) is 2. The van der Waals surface area contributed by atoms with E-state index in [4.69, 9.17) is 0 Å². The van der Waals surface area contributed by atoms with Gasteiger partial charge in [0.2, 0.25) is 0 Å². The van der Waals surface area contributed by atoms with Crippen molar-refractivity contribution in [2.75, 3.05) is 22.9 Å². The van der Waals surface area contributed by atoms with Crippen molar-refractivity contribution >= 4 is 35.3 Å². The third-order valence-electron chi connectivity index (χ3n) is 5.53. The van der Waals surface area contributed by atoms with Crippen molar-refractivity contribution in [1.82, 2.24) is 5.32 Å². The van der Waals surface area contributed by atoms with Gasteiger partial charge in [-0.1, -0.05) is 18.2 Å². The van der Waals surface area contributed by atoms with Gasteiger partial charge < -0.3 is 4.90 Å². The SMILES string of the molecule is Cc1ccc(N2C(=O)NC(=O)C(=Cc3ccc(N4CCCC4)cc3)C2=O)cc1C. The zero-order chi connectivity index (χ0) is 20.5. The Labute approximate surface area is 169 Å². The molecule has 2 aliphatic rings. The number of anilines is 2. The van der Waals surface area contributed by atoms with Crippen LogP contribution in [0.25, 0.3) is 6.08 Å². The van der Waals surface area contributed by atoms with Crippen LogP contribution in [0.1, 0.15) is 29.5 Å². The number of aryl methyl sites for hydroxylation is 2. The van der Waals surface area contributed by atoms with Crippen LogP contribution in [0.3, 0.4) is 0 Å². The molecule has 0 spiro atoms. The van der Waals surface area contributed by atoms with E-state index < -0.39 is 17.8 Å². The molecule has 6 nitrogen and oxygen atoms in total. The standard InChI is InChI=1S/C23H23N3O3/c1-15-5-8-19(13-16(15)2)26-22(28)20(21(27)24-23(26)29)14-17-6-9-18(10-7-17)25-11-3-4-12-25/h5-10,13-14H,3-4,11-12H2,1-2H3,(H,24,27,29). The van der Waals surface area contributed by atoms with E-state index >= 15 is 0 Å². The fourth-order valence-electron chi connectivity index (χ4n) is 3.68. The molecule has 0 aromatic heterocycles. The summed E-state index contributed by atoms with van der Waals surface area (Å²) in [5.41, 5.74) is 4.28. The first kappa shape index (κ1) is 18.9. The van der Waals surface area contributed by atoms with Gasteiger partial charge in [-0.2, -0.15) is 0 Å². The number of carbonyl (C=O) groups excluding carboxylic acids is 3. The molecule has 148 valence electrons.